The molecule has 2 aromatic carbocycles. The van der Waals surface area contributed by atoms with E-state index in [0.717, 1.165) is 5.56 Å². The van der Waals surface area contributed by atoms with Crippen molar-refractivity contribution in [2.24, 2.45) is 5.10 Å². The molecule has 25 heavy (non-hydrogen) atoms. The normalized spacial score (nSPS) is 11.6. The van der Waals surface area contributed by atoms with Crippen molar-refractivity contribution in [2.75, 3.05) is 6.61 Å². The van der Waals surface area contributed by atoms with Gasteiger partial charge in [0.1, 0.15) is 23.4 Å². The van der Waals surface area contributed by atoms with Crippen LogP contribution >= 0.6 is 0 Å². The molecule has 0 aromatic heterocycles. The fourth-order valence-corrected chi connectivity index (χ4v) is 1.80. The maximum absolute atomic E-state index is 12.8. The predicted molar refractivity (Wildman–Crippen MR) is 89.8 cm³/mol. The molecule has 1 amide bonds. The Morgan fingerprint density at radius 1 is 1.24 bits per heavy atom. The Bertz CT molecular complexity index is 768. The third kappa shape index (κ3) is 5.95. The topological polar surface area (TPSA) is 83.7 Å². The maximum Gasteiger partial charge on any atom is 0.280 e. The molecule has 0 radical (unpaired) electrons. The summed E-state index contributed by atoms with van der Waals surface area (Å²) in [6, 6.07) is 14.1. The van der Waals surface area contributed by atoms with Gasteiger partial charge in [0, 0.05) is 0 Å². The third-order valence-electron chi connectivity index (χ3n) is 3.07. The van der Waals surface area contributed by atoms with E-state index in [9.17, 15) is 9.18 Å². The van der Waals surface area contributed by atoms with Crippen molar-refractivity contribution in [3.05, 3.63) is 59.9 Å². The molecule has 6 nitrogen and oxygen atoms in total. The molecule has 0 saturated carbocycles. The van der Waals surface area contributed by atoms with Gasteiger partial charge >= 0.3 is 0 Å². The number of nitrogens with one attached hydrogen (secondary N) is 1. The van der Waals surface area contributed by atoms with Gasteiger partial charge in [0.05, 0.1) is 6.21 Å². The van der Waals surface area contributed by atoms with E-state index < -0.39 is 12.0 Å². The summed E-state index contributed by atoms with van der Waals surface area (Å²) >= 11 is 0. The van der Waals surface area contributed by atoms with Crippen molar-refractivity contribution < 1.29 is 18.7 Å². The summed E-state index contributed by atoms with van der Waals surface area (Å²) in [5.74, 6) is 0.151. The van der Waals surface area contributed by atoms with E-state index in [1.807, 2.05) is 6.07 Å². The Morgan fingerprint density at radius 2 is 1.88 bits per heavy atom. The molecule has 0 aliphatic rings. The zero-order valence-corrected chi connectivity index (χ0v) is 13.5. The van der Waals surface area contributed by atoms with Crippen LogP contribution in [-0.2, 0) is 4.79 Å². The molecule has 0 bridgehead atoms. The van der Waals surface area contributed by atoms with Crippen molar-refractivity contribution in [1.82, 2.24) is 5.43 Å². The molecule has 1 N–H and O–H groups in total. The van der Waals surface area contributed by atoms with Crippen LogP contribution in [0.3, 0.4) is 0 Å². The van der Waals surface area contributed by atoms with E-state index in [2.05, 4.69) is 10.5 Å². The lowest BCUT2D eigenvalue weighted by Gasteiger charge is -2.12. The van der Waals surface area contributed by atoms with Gasteiger partial charge in [-0.05, 0) is 61.0 Å². The Kier molecular flexibility index (Phi) is 6.48. The van der Waals surface area contributed by atoms with Crippen LogP contribution in [0.4, 0.5) is 4.39 Å². The lowest BCUT2D eigenvalue weighted by Crippen LogP contribution is -2.33. The Hall–Kier alpha value is -3.40. The van der Waals surface area contributed by atoms with E-state index in [1.54, 1.807) is 31.2 Å². The number of rotatable bonds is 7. The minimum absolute atomic E-state index is 0.0184. The molecular formula is C18H16FN3O3. The van der Waals surface area contributed by atoms with Crippen LogP contribution in [0, 0.1) is 17.1 Å². The van der Waals surface area contributed by atoms with E-state index in [0.29, 0.717) is 11.5 Å². The average Bonchev–Trinajstić information content (AvgIpc) is 2.62. The van der Waals surface area contributed by atoms with Gasteiger partial charge in [-0.15, -0.1) is 0 Å². The Morgan fingerprint density at radius 3 is 2.52 bits per heavy atom. The van der Waals surface area contributed by atoms with E-state index in [-0.39, 0.29) is 12.4 Å². The molecule has 2 rings (SSSR count). The highest BCUT2D eigenvalue weighted by molar-refractivity contribution is 5.84. The number of hydrogen-bond donors (Lipinski definition) is 1. The summed E-state index contributed by atoms with van der Waals surface area (Å²) in [6.07, 6.45) is 0.681. The number of carbonyl (C=O) groups is 1. The minimum Gasteiger partial charge on any atom is -0.481 e. The first-order valence-corrected chi connectivity index (χ1v) is 7.43. The number of carbonyl (C=O) groups excluding carboxylic acids is 1. The first-order valence-electron chi connectivity index (χ1n) is 7.43. The zero-order valence-electron chi connectivity index (χ0n) is 13.5. The second-order valence-electron chi connectivity index (χ2n) is 4.96. The fraction of sp³-hybridized carbons (Fsp3) is 0.167. The van der Waals surface area contributed by atoms with E-state index in [1.165, 1.54) is 30.5 Å². The van der Waals surface area contributed by atoms with Crippen molar-refractivity contribution in [3.8, 4) is 17.6 Å². The second-order valence-corrected chi connectivity index (χ2v) is 4.96. The number of ether oxygens (including phenoxy) is 2. The standard InChI is InChI=1S/C18H16FN3O3/c1-13(25-17-8-4-15(19)5-9-17)18(23)22-21-12-14-2-6-16(7-3-14)24-11-10-20/h2-9,12-13H,11H2,1H3,(H,22,23)/b21-12-/t13-/m0/s1. The molecule has 2 aromatic rings. The largest absolute Gasteiger partial charge is 0.481 e. The third-order valence-corrected chi connectivity index (χ3v) is 3.07. The number of nitriles is 1. The van der Waals surface area contributed by atoms with Gasteiger partial charge in [0.2, 0.25) is 0 Å². The Balaban J connectivity index is 1.82. The monoisotopic (exact) mass is 341 g/mol. The van der Waals surface area contributed by atoms with Gasteiger partial charge in [-0.2, -0.15) is 10.4 Å². The highest BCUT2D eigenvalue weighted by Crippen LogP contribution is 2.13. The summed E-state index contributed by atoms with van der Waals surface area (Å²) in [4.78, 5) is 11.9. The predicted octanol–water partition coefficient (Wildman–Crippen LogP) is 2.65. The van der Waals surface area contributed by atoms with Crippen LogP contribution in [0.2, 0.25) is 0 Å². The molecule has 0 aliphatic carbocycles. The van der Waals surface area contributed by atoms with Crippen LogP contribution in [0.25, 0.3) is 0 Å². The van der Waals surface area contributed by atoms with Gasteiger partial charge in [0.25, 0.3) is 5.91 Å². The summed E-state index contributed by atoms with van der Waals surface area (Å²) in [7, 11) is 0. The smallest absolute Gasteiger partial charge is 0.280 e. The molecule has 1 atom stereocenters. The number of amides is 1. The van der Waals surface area contributed by atoms with Gasteiger partial charge in [-0.1, -0.05) is 0 Å². The minimum atomic E-state index is -0.788. The van der Waals surface area contributed by atoms with Crippen LogP contribution in [0.15, 0.2) is 53.6 Å². The van der Waals surface area contributed by atoms with Gasteiger partial charge in [-0.3, -0.25) is 4.79 Å². The fourth-order valence-electron chi connectivity index (χ4n) is 1.80. The molecule has 0 unspecified atom stereocenters. The molecule has 128 valence electrons. The zero-order chi connectivity index (χ0) is 18.1. The lowest BCUT2D eigenvalue weighted by molar-refractivity contribution is -0.127. The van der Waals surface area contributed by atoms with Gasteiger partial charge in [-0.25, -0.2) is 9.82 Å². The van der Waals surface area contributed by atoms with Crippen molar-refractivity contribution in [2.45, 2.75) is 13.0 Å². The van der Waals surface area contributed by atoms with Crippen molar-refractivity contribution in [1.29, 1.82) is 5.26 Å². The van der Waals surface area contributed by atoms with Crippen LogP contribution in [0.5, 0.6) is 11.5 Å². The summed E-state index contributed by atoms with van der Waals surface area (Å²) < 4.78 is 23.3. The molecule has 0 heterocycles. The lowest BCUT2D eigenvalue weighted by atomic mass is 10.2. The quantitative estimate of drug-likeness (QED) is 0.620. The molecule has 0 aliphatic heterocycles. The molecule has 0 saturated heterocycles. The first kappa shape index (κ1) is 17.9. The second kappa shape index (κ2) is 9.03. The molecule has 0 spiro atoms. The number of halogens is 1. The van der Waals surface area contributed by atoms with Crippen LogP contribution in [0.1, 0.15) is 12.5 Å². The van der Waals surface area contributed by atoms with E-state index >= 15 is 0 Å². The first-order chi connectivity index (χ1) is 12.1. The van der Waals surface area contributed by atoms with Crippen molar-refractivity contribution >= 4 is 12.1 Å². The van der Waals surface area contributed by atoms with Gasteiger partial charge in [0.15, 0.2) is 12.7 Å². The maximum atomic E-state index is 12.8. The van der Waals surface area contributed by atoms with Crippen LogP contribution in [-0.4, -0.2) is 24.8 Å². The average molecular weight is 341 g/mol. The molecule has 0 fully saturated rings. The number of hydrazone groups is 1. The summed E-state index contributed by atoms with van der Waals surface area (Å²) in [5, 5.41) is 12.3. The number of nitrogens with zero attached hydrogens (tertiary/aromatic N) is 2. The van der Waals surface area contributed by atoms with Crippen LogP contribution < -0.4 is 14.9 Å². The molecular weight excluding hydrogens is 325 g/mol. The number of hydrogen-bond acceptors (Lipinski definition) is 5. The number of benzene rings is 2. The Labute approximate surface area is 144 Å². The summed E-state index contributed by atoms with van der Waals surface area (Å²) in [5.41, 5.74) is 3.12. The highest BCUT2D eigenvalue weighted by Gasteiger charge is 2.13. The van der Waals surface area contributed by atoms with Gasteiger partial charge < -0.3 is 9.47 Å². The SMILES string of the molecule is C[C@H](Oc1ccc(F)cc1)C(=O)N/N=C\c1ccc(OCC#N)cc1. The highest BCUT2D eigenvalue weighted by atomic mass is 19.1. The van der Waals surface area contributed by atoms with E-state index in [4.69, 9.17) is 14.7 Å². The van der Waals surface area contributed by atoms with Crippen molar-refractivity contribution in [3.63, 3.8) is 0 Å². The summed E-state index contributed by atoms with van der Waals surface area (Å²) in [6.45, 7) is 1.55. The molecule has 7 heteroatoms.